The third kappa shape index (κ3) is 7.18. The zero-order chi connectivity index (χ0) is 64.6. The molecule has 3 nitrogen and oxygen atoms in total. The molecule has 0 unspecified atom stereocenters. The van der Waals surface area contributed by atoms with Crippen LogP contribution in [0.3, 0.4) is 0 Å². The van der Waals surface area contributed by atoms with E-state index in [1.807, 2.05) is 0 Å². The topological polar surface area (TPSA) is 14.3 Å². The quantitative estimate of drug-likeness (QED) is 0.134. The fourth-order valence-electron chi connectivity index (χ4n) is 18.0. The number of fused-ring (bicyclic) bond motifs is 21. The maximum atomic E-state index is 2.88. The van der Waals surface area contributed by atoms with Gasteiger partial charge < -0.3 is 13.5 Å². The number of hydrogen-bond donors (Lipinski definition) is 0. The molecule has 91 heavy (non-hydrogen) atoms. The molecule has 0 radical (unpaired) electrons. The molecule has 0 saturated heterocycles. The van der Waals surface area contributed by atoms with Gasteiger partial charge in [0.2, 0.25) is 0 Å². The van der Waals surface area contributed by atoms with Gasteiger partial charge in [0.05, 0.1) is 33.1 Å². The monoisotopic (exact) mass is 1210 g/mol. The van der Waals surface area contributed by atoms with Gasteiger partial charge in [0.1, 0.15) is 0 Å². The normalized spacial score (nSPS) is 15.5. The van der Waals surface area contributed by atoms with Crippen LogP contribution in [0.25, 0.3) is 104 Å². The maximum Gasteiger partial charge on any atom is 0.252 e. The predicted molar refractivity (Wildman–Crippen MR) is 400 cm³/mol. The summed E-state index contributed by atoms with van der Waals surface area (Å²) in [6, 6.07) is 52.1. The second kappa shape index (κ2) is 16.9. The number of hydrogen-bond acceptors (Lipinski definition) is 0. The molecule has 1 spiro atoms. The molecular weight excluding hydrogens is 1110 g/mol. The van der Waals surface area contributed by atoms with E-state index >= 15 is 0 Å². The minimum absolute atomic E-state index is 0.0184. The Morgan fingerprint density at radius 2 is 0.747 bits per heavy atom. The van der Waals surface area contributed by atoms with Gasteiger partial charge in [-0.05, 0) is 185 Å². The van der Waals surface area contributed by atoms with Crippen LogP contribution in [0.15, 0.2) is 121 Å². The van der Waals surface area contributed by atoms with E-state index < -0.39 is 8.07 Å². The molecule has 0 fully saturated rings. The SMILES string of the molecule is CC(C)(C)c1ccc2c(c1)[Si]1(c3cc(C(C)(C)C)ccc3-2)c2ccc3c4c2-n2c5c(cc(C(C)(C)C)cc5c5cc(C(C)(C)C)cc1c52)B4c1cc2c(c4c(C(C)(C)C)cc(C(C)(C)C)c5c6cc(C(C)(C)C)ccc6n2c54)c2c4cc(C(C)(C)C)ccc4n-3c12. The predicted octanol–water partition coefficient (Wildman–Crippen LogP) is 18.2. The van der Waals surface area contributed by atoms with Crippen molar-refractivity contribution in [3.8, 4) is 22.5 Å². The van der Waals surface area contributed by atoms with Gasteiger partial charge in [0.25, 0.3) is 6.71 Å². The molecule has 5 heteroatoms. The molecule has 4 aliphatic heterocycles. The average molecular weight is 1210 g/mol. The molecule has 8 heterocycles. The lowest BCUT2D eigenvalue weighted by Gasteiger charge is -2.43. The van der Waals surface area contributed by atoms with Gasteiger partial charge in [0, 0.05) is 60.0 Å². The molecule has 17 rings (SSSR count). The van der Waals surface area contributed by atoms with Crippen molar-refractivity contribution in [1.29, 1.82) is 0 Å². The van der Waals surface area contributed by atoms with E-state index in [4.69, 9.17) is 0 Å². The van der Waals surface area contributed by atoms with Crippen LogP contribution >= 0.6 is 0 Å². The second-order valence-electron chi connectivity index (χ2n) is 37.1. The van der Waals surface area contributed by atoms with E-state index in [2.05, 4.69) is 301 Å². The lowest BCUT2D eigenvalue weighted by molar-refractivity contribution is 0.576. The highest BCUT2D eigenvalue weighted by molar-refractivity contribution is 7.24. The van der Waals surface area contributed by atoms with E-state index in [0.29, 0.717) is 0 Å². The summed E-state index contributed by atoms with van der Waals surface area (Å²) in [5, 5.41) is 17.3. The first-order valence-electron chi connectivity index (χ1n) is 34.2. The zero-order valence-electron chi connectivity index (χ0n) is 59.0. The van der Waals surface area contributed by atoms with Crippen LogP contribution in [0.5, 0.6) is 0 Å². The van der Waals surface area contributed by atoms with Crippen molar-refractivity contribution in [1.82, 2.24) is 13.5 Å². The van der Waals surface area contributed by atoms with Gasteiger partial charge in [-0.1, -0.05) is 239 Å². The first-order chi connectivity index (χ1) is 42.2. The van der Waals surface area contributed by atoms with Crippen molar-refractivity contribution in [3.05, 3.63) is 166 Å². The van der Waals surface area contributed by atoms with Crippen molar-refractivity contribution >= 4 is 134 Å². The van der Waals surface area contributed by atoms with Crippen LogP contribution in [0, 0.1) is 0 Å². The highest BCUT2D eigenvalue weighted by Gasteiger charge is 2.57. The number of nitrogens with zero attached hydrogens (tertiary/aromatic N) is 3. The van der Waals surface area contributed by atoms with E-state index in [-0.39, 0.29) is 50.0 Å². The summed E-state index contributed by atoms with van der Waals surface area (Å²) in [6.07, 6.45) is 0. The van der Waals surface area contributed by atoms with Crippen LogP contribution < -0.4 is 37.1 Å². The Morgan fingerprint density at radius 3 is 1.29 bits per heavy atom. The fraction of sp³-hybridized carbons (Fsp3) is 0.372. The number of benzene rings is 9. The molecular formula is C86H92BN3Si. The summed E-state index contributed by atoms with van der Waals surface area (Å²) in [5.74, 6) is 0. The lowest BCUT2D eigenvalue weighted by atomic mass is 9.34. The lowest BCUT2D eigenvalue weighted by Crippen LogP contribution is -2.77. The summed E-state index contributed by atoms with van der Waals surface area (Å²) in [6.45, 7) is 58.1. The Hall–Kier alpha value is -7.34. The second-order valence-corrected chi connectivity index (χ2v) is 40.8. The van der Waals surface area contributed by atoms with E-state index in [0.717, 1.165) is 0 Å². The molecule has 458 valence electrons. The third-order valence-electron chi connectivity index (χ3n) is 22.9. The van der Waals surface area contributed by atoms with Gasteiger partial charge in [-0.3, -0.25) is 0 Å². The standard InChI is InChI=1S/C86H92BN3Si/c1-79(2,3)45-27-31-61-55(35-45)69-57(85(19,20)21)43-58(86(22,23)24)71-72-64(89(61)78(69)71)44-60-76-70(72)56-36-46(80(4,5)6)28-32-62(56)88(76)63-33-34-65-77-73(63)87(60)59-39-49(83(13,14)15)37-53-54-38-50(84(16,17)18)42-68(75(54)90(77)74(53)59)91(65)66-40-47(81(7,8)9)25-29-51(66)52-30-26-48(41-67(52)91)82(10,11)12/h25-44H,1-24H3. The molecule has 0 aliphatic carbocycles. The van der Waals surface area contributed by atoms with Crippen LogP contribution in [-0.2, 0) is 43.3 Å². The van der Waals surface area contributed by atoms with Crippen molar-refractivity contribution in [2.75, 3.05) is 0 Å². The summed E-state index contributed by atoms with van der Waals surface area (Å²) in [5.41, 5.74) is 29.9. The van der Waals surface area contributed by atoms with Crippen molar-refractivity contribution in [2.24, 2.45) is 0 Å². The largest absolute Gasteiger partial charge is 0.310 e. The van der Waals surface area contributed by atoms with Crippen molar-refractivity contribution in [3.63, 3.8) is 0 Å². The van der Waals surface area contributed by atoms with Crippen molar-refractivity contribution in [2.45, 2.75) is 209 Å². The van der Waals surface area contributed by atoms with Gasteiger partial charge in [-0.25, -0.2) is 0 Å². The van der Waals surface area contributed by atoms with Crippen LogP contribution in [-0.4, -0.2) is 28.3 Å². The highest BCUT2D eigenvalue weighted by Crippen LogP contribution is 2.53. The summed E-state index contributed by atoms with van der Waals surface area (Å²) in [7, 11) is -3.25. The molecule has 4 aromatic heterocycles. The molecule has 0 amide bonds. The minimum Gasteiger partial charge on any atom is -0.310 e. The van der Waals surface area contributed by atoms with Crippen LogP contribution in [0.1, 0.15) is 211 Å². The summed E-state index contributed by atoms with van der Waals surface area (Å²) in [4.78, 5) is 0. The maximum absolute atomic E-state index is 3.25. The number of aromatic nitrogens is 3. The van der Waals surface area contributed by atoms with E-state index in [9.17, 15) is 0 Å². The Morgan fingerprint density at radius 1 is 0.297 bits per heavy atom. The van der Waals surface area contributed by atoms with E-state index in [1.54, 1.807) is 15.6 Å². The number of rotatable bonds is 0. The summed E-state index contributed by atoms with van der Waals surface area (Å²) >= 11 is 0. The van der Waals surface area contributed by atoms with Gasteiger partial charge in [-0.15, -0.1) is 0 Å². The first-order valence-corrected chi connectivity index (χ1v) is 36.2. The molecule has 9 aromatic carbocycles. The van der Waals surface area contributed by atoms with Crippen LogP contribution in [0.2, 0.25) is 0 Å². The van der Waals surface area contributed by atoms with Gasteiger partial charge in [0.15, 0.2) is 8.07 Å². The molecule has 4 aliphatic rings. The molecule has 0 atom stereocenters. The Kier molecular flexibility index (Phi) is 10.7. The first kappa shape index (κ1) is 57.6. The molecule has 13 aromatic rings. The van der Waals surface area contributed by atoms with Crippen LogP contribution in [0.4, 0.5) is 0 Å². The fourth-order valence-corrected chi connectivity index (χ4v) is 23.6. The Bertz CT molecular complexity index is 5470. The average Bonchev–Trinajstić information content (AvgIpc) is 1.52. The molecule has 0 bridgehead atoms. The van der Waals surface area contributed by atoms with Gasteiger partial charge in [-0.2, -0.15) is 0 Å². The molecule has 0 saturated carbocycles. The van der Waals surface area contributed by atoms with Crippen molar-refractivity contribution < 1.29 is 0 Å². The Balaban J connectivity index is 1.15. The zero-order valence-corrected chi connectivity index (χ0v) is 60.0. The highest BCUT2D eigenvalue weighted by atomic mass is 28.3. The Labute approximate surface area is 541 Å². The minimum atomic E-state index is -3.25. The third-order valence-corrected chi connectivity index (χ3v) is 27.7. The summed E-state index contributed by atoms with van der Waals surface area (Å²) < 4.78 is 8.46. The molecule has 0 N–H and O–H groups in total. The van der Waals surface area contributed by atoms with Gasteiger partial charge >= 0.3 is 0 Å². The van der Waals surface area contributed by atoms with E-state index in [1.165, 1.54) is 170 Å². The smallest absolute Gasteiger partial charge is 0.252 e.